The van der Waals surface area contributed by atoms with E-state index in [-0.39, 0.29) is 5.69 Å². The Morgan fingerprint density at radius 1 is 1.37 bits per heavy atom. The highest BCUT2D eigenvalue weighted by atomic mass is 16.6. The summed E-state index contributed by atoms with van der Waals surface area (Å²) in [7, 11) is 2.91. The minimum absolute atomic E-state index is 0.0493. The van der Waals surface area contributed by atoms with Gasteiger partial charge >= 0.3 is 0 Å². The molecule has 1 aliphatic rings. The molecular formula is C12H16N2O5. The molecule has 1 fully saturated rings. The normalized spacial score (nSPS) is 18.5. The van der Waals surface area contributed by atoms with Crippen LogP contribution in [-0.2, 0) is 0 Å². The molecule has 0 aromatic heterocycles. The van der Waals surface area contributed by atoms with Crippen molar-refractivity contribution < 1.29 is 19.5 Å². The fourth-order valence-corrected chi connectivity index (χ4v) is 2.22. The first-order chi connectivity index (χ1) is 9.06. The zero-order valence-electron chi connectivity index (χ0n) is 10.8. The van der Waals surface area contributed by atoms with Crippen LogP contribution in [0.5, 0.6) is 11.5 Å². The molecule has 1 aromatic carbocycles. The van der Waals surface area contributed by atoms with Gasteiger partial charge in [-0.2, -0.15) is 0 Å². The smallest absolute Gasteiger partial charge is 0.296 e. The van der Waals surface area contributed by atoms with Crippen molar-refractivity contribution >= 4 is 11.4 Å². The van der Waals surface area contributed by atoms with Crippen LogP contribution in [-0.4, -0.2) is 43.4 Å². The molecule has 0 spiro atoms. The van der Waals surface area contributed by atoms with Crippen LogP contribution in [0, 0.1) is 10.1 Å². The number of benzene rings is 1. The molecule has 7 heteroatoms. The highest BCUT2D eigenvalue weighted by Gasteiger charge is 2.28. The predicted molar refractivity (Wildman–Crippen MR) is 69.0 cm³/mol. The quantitative estimate of drug-likeness (QED) is 0.652. The second-order valence-electron chi connectivity index (χ2n) is 4.34. The van der Waals surface area contributed by atoms with Gasteiger partial charge in [-0.05, 0) is 6.42 Å². The molecule has 1 N–H and O–H groups in total. The number of nitro groups is 1. The van der Waals surface area contributed by atoms with Gasteiger partial charge in [-0.15, -0.1) is 0 Å². The first-order valence-corrected chi connectivity index (χ1v) is 5.90. The number of rotatable bonds is 4. The van der Waals surface area contributed by atoms with E-state index in [1.165, 1.54) is 20.3 Å². The van der Waals surface area contributed by atoms with Crippen molar-refractivity contribution in [1.29, 1.82) is 0 Å². The van der Waals surface area contributed by atoms with Crippen LogP contribution < -0.4 is 14.4 Å². The van der Waals surface area contributed by atoms with E-state index in [0.717, 1.165) is 0 Å². The van der Waals surface area contributed by atoms with Gasteiger partial charge in [0, 0.05) is 19.2 Å². The third-order valence-electron chi connectivity index (χ3n) is 3.18. The van der Waals surface area contributed by atoms with Crippen LogP contribution in [0.1, 0.15) is 6.42 Å². The molecule has 7 nitrogen and oxygen atoms in total. The maximum atomic E-state index is 11.1. The second kappa shape index (κ2) is 5.31. The first kappa shape index (κ1) is 13.4. The van der Waals surface area contributed by atoms with Crippen molar-refractivity contribution in [2.24, 2.45) is 0 Å². The Kier molecular flexibility index (Phi) is 3.75. The lowest BCUT2D eigenvalue weighted by atomic mass is 10.2. The molecule has 1 atom stereocenters. The number of aliphatic hydroxyl groups excluding tert-OH is 1. The molecule has 1 saturated heterocycles. The minimum atomic E-state index is -0.456. The Morgan fingerprint density at radius 3 is 2.47 bits per heavy atom. The van der Waals surface area contributed by atoms with Gasteiger partial charge in [-0.1, -0.05) is 0 Å². The summed E-state index contributed by atoms with van der Waals surface area (Å²) in [6.45, 7) is 0.966. The second-order valence-corrected chi connectivity index (χ2v) is 4.34. The molecule has 2 rings (SSSR count). The summed E-state index contributed by atoms with van der Waals surface area (Å²) in [4.78, 5) is 12.5. The van der Waals surface area contributed by atoms with Crippen molar-refractivity contribution in [1.82, 2.24) is 0 Å². The Morgan fingerprint density at radius 2 is 2.00 bits per heavy atom. The maximum Gasteiger partial charge on any atom is 0.296 e. The van der Waals surface area contributed by atoms with Gasteiger partial charge in [0.2, 0.25) is 0 Å². The minimum Gasteiger partial charge on any atom is -0.493 e. The predicted octanol–water partition coefficient (Wildman–Crippen LogP) is 1.18. The van der Waals surface area contributed by atoms with E-state index < -0.39 is 11.0 Å². The Hall–Kier alpha value is -2.02. The first-order valence-electron chi connectivity index (χ1n) is 5.90. The third-order valence-corrected chi connectivity index (χ3v) is 3.18. The van der Waals surface area contributed by atoms with E-state index in [1.54, 1.807) is 11.0 Å². The van der Waals surface area contributed by atoms with E-state index in [0.29, 0.717) is 36.7 Å². The number of hydrogen-bond acceptors (Lipinski definition) is 6. The van der Waals surface area contributed by atoms with Crippen LogP contribution >= 0.6 is 0 Å². The highest BCUT2D eigenvalue weighted by Crippen LogP contribution is 2.40. The molecule has 0 aliphatic carbocycles. The Balaban J connectivity index is 2.48. The molecule has 1 aliphatic heterocycles. The van der Waals surface area contributed by atoms with E-state index in [1.807, 2.05) is 0 Å². The number of nitro benzene ring substituents is 1. The number of ether oxygens (including phenoxy) is 2. The molecule has 19 heavy (non-hydrogen) atoms. The maximum absolute atomic E-state index is 11.1. The molecule has 1 heterocycles. The summed E-state index contributed by atoms with van der Waals surface area (Å²) in [5, 5.41) is 20.7. The fraction of sp³-hybridized carbons (Fsp3) is 0.500. The van der Waals surface area contributed by atoms with Gasteiger partial charge in [0.25, 0.3) is 5.69 Å². The van der Waals surface area contributed by atoms with E-state index in [2.05, 4.69) is 0 Å². The van der Waals surface area contributed by atoms with Crippen LogP contribution in [0.4, 0.5) is 11.4 Å². The van der Waals surface area contributed by atoms with Crippen molar-refractivity contribution in [3.63, 3.8) is 0 Å². The van der Waals surface area contributed by atoms with Gasteiger partial charge < -0.3 is 19.5 Å². The van der Waals surface area contributed by atoms with Gasteiger partial charge in [-0.3, -0.25) is 10.1 Å². The molecule has 104 valence electrons. The van der Waals surface area contributed by atoms with Crippen molar-refractivity contribution in [3.05, 3.63) is 22.2 Å². The number of hydrogen-bond donors (Lipinski definition) is 1. The Labute approximate surface area is 110 Å². The number of nitrogens with zero attached hydrogens (tertiary/aromatic N) is 2. The fourth-order valence-electron chi connectivity index (χ4n) is 2.22. The molecule has 0 amide bonds. The van der Waals surface area contributed by atoms with E-state index in [4.69, 9.17) is 9.47 Å². The highest BCUT2D eigenvalue weighted by molar-refractivity contribution is 5.70. The van der Waals surface area contributed by atoms with Gasteiger partial charge in [0.1, 0.15) is 5.69 Å². The van der Waals surface area contributed by atoms with Gasteiger partial charge in [0.15, 0.2) is 11.5 Å². The summed E-state index contributed by atoms with van der Waals surface area (Å²) in [6.07, 6.45) is 0.151. The third kappa shape index (κ3) is 2.55. The van der Waals surface area contributed by atoms with Crippen molar-refractivity contribution in [2.75, 3.05) is 32.2 Å². The molecule has 1 aromatic rings. The van der Waals surface area contributed by atoms with Crippen LogP contribution in [0.25, 0.3) is 0 Å². The molecule has 0 radical (unpaired) electrons. The summed E-state index contributed by atoms with van der Waals surface area (Å²) < 4.78 is 10.2. The lowest BCUT2D eigenvalue weighted by Gasteiger charge is -2.19. The number of β-amino-alcohol motifs (C(OH)–C–C–N with tert-alkyl or cyclic N) is 1. The van der Waals surface area contributed by atoms with E-state index >= 15 is 0 Å². The van der Waals surface area contributed by atoms with Gasteiger partial charge in [-0.25, -0.2) is 0 Å². The molecular weight excluding hydrogens is 252 g/mol. The average Bonchev–Trinajstić information content (AvgIpc) is 2.83. The average molecular weight is 268 g/mol. The zero-order chi connectivity index (χ0) is 14.0. The van der Waals surface area contributed by atoms with Gasteiger partial charge in [0.05, 0.1) is 31.3 Å². The molecule has 0 unspecified atom stereocenters. The lowest BCUT2D eigenvalue weighted by molar-refractivity contribution is -0.384. The number of anilines is 1. The lowest BCUT2D eigenvalue weighted by Crippen LogP contribution is -2.22. The number of aliphatic hydroxyl groups is 1. The molecule has 0 saturated carbocycles. The number of methoxy groups -OCH3 is 2. The van der Waals surface area contributed by atoms with Crippen LogP contribution in [0.2, 0.25) is 0 Å². The monoisotopic (exact) mass is 268 g/mol. The van der Waals surface area contributed by atoms with Crippen LogP contribution in [0.3, 0.4) is 0 Å². The summed E-state index contributed by atoms with van der Waals surface area (Å²) >= 11 is 0. The largest absolute Gasteiger partial charge is 0.493 e. The summed E-state index contributed by atoms with van der Waals surface area (Å²) in [5.74, 6) is 0.752. The van der Waals surface area contributed by atoms with Crippen molar-refractivity contribution in [3.8, 4) is 11.5 Å². The Bertz CT molecular complexity index is 491. The van der Waals surface area contributed by atoms with Crippen LogP contribution in [0.15, 0.2) is 12.1 Å². The topological polar surface area (TPSA) is 85.1 Å². The van der Waals surface area contributed by atoms with E-state index in [9.17, 15) is 15.2 Å². The summed E-state index contributed by atoms with van der Waals surface area (Å²) in [6, 6.07) is 2.92. The standard InChI is InChI=1S/C12H16N2O5/c1-18-11-5-9(13-4-3-8(15)7-13)10(14(16)17)6-12(11)19-2/h5-6,8,15H,3-4,7H2,1-2H3/t8-/m0/s1. The summed E-state index contributed by atoms with van der Waals surface area (Å²) in [5.41, 5.74) is 0.394. The van der Waals surface area contributed by atoms with Crippen molar-refractivity contribution in [2.45, 2.75) is 12.5 Å². The molecule has 0 bridgehead atoms. The zero-order valence-corrected chi connectivity index (χ0v) is 10.8. The SMILES string of the molecule is COc1cc(N2CC[C@H](O)C2)c([N+](=O)[O-])cc1OC.